The Morgan fingerprint density at radius 3 is 2.73 bits per heavy atom. The third-order valence-electron chi connectivity index (χ3n) is 6.53. The molecule has 0 aliphatic carbocycles. The molecule has 1 aliphatic rings. The van der Waals surface area contributed by atoms with Crippen molar-refractivity contribution in [3.05, 3.63) is 42.7 Å². The Balaban J connectivity index is 1.21. The molecule has 5 aromatic rings. The maximum absolute atomic E-state index is 6.39. The number of hydrogen-bond acceptors (Lipinski definition) is 10. The Kier molecular flexibility index (Phi) is 6.21. The van der Waals surface area contributed by atoms with Gasteiger partial charge in [0.05, 0.1) is 45.7 Å². The van der Waals surface area contributed by atoms with Gasteiger partial charge in [0.2, 0.25) is 4.96 Å². The highest BCUT2D eigenvalue weighted by atomic mass is 32.1. The van der Waals surface area contributed by atoms with Gasteiger partial charge in [-0.2, -0.15) is 0 Å². The summed E-state index contributed by atoms with van der Waals surface area (Å²) in [4.78, 5) is 12.2. The van der Waals surface area contributed by atoms with Gasteiger partial charge in [-0.1, -0.05) is 0 Å². The minimum absolute atomic E-state index is 0.367. The van der Waals surface area contributed by atoms with Crippen molar-refractivity contribution in [2.45, 2.75) is 12.8 Å². The number of hydrogen-bond donors (Lipinski definition) is 0. The molecule has 0 spiro atoms. The van der Waals surface area contributed by atoms with Crippen LogP contribution in [0.5, 0.6) is 22.4 Å². The minimum Gasteiger partial charge on any atom is -0.496 e. The summed E-state index contributed by atoms with van der Waals surface area (Å²) in [7, 11) is 4.88. The summed E-state index contributed by atoms with van der Waals surface area (Å²) < 4.78 is 30.2. The number of ether oxygens (including phenoxy) is 4. The fourth-order valence-corrected chi connectivity index (χ4v) is 5.33. The summed E-state index contributed by atoms with van der Waals surface area (Å²) in [5.41, 5.74) is 1.37. The number of rotatable bonds is 8. The van der Waals surface area contributed by atoms with E-state index < -0.39 is 0 Å². The normalized spacial score (nSPS) is 15.9. The Labute approximate surface area is 217 Å². The molecule has 0 saturated carbocycles. The van der Waals surface area contributed by atoms with Crippen molar-refractivity contribution in [1.82, 2.24) is 19.6 Å². The number of pyridine rings is 1. The molecule has 11 heteroatoms. The maximum Gasteiger partial charge on any atom is 0.294 e. The first-order chi connectivity index (χ1) is 18.1. The lowest BCUT2D eigenvalue weighted by molar-refractivity contribution is 0.230. The van der Waals surface area contributed by atoms with Gasteiger partial charge in [-0.25, -0.2) is 14.5 Å². The Hall–Kier alpha value is -3.99. The molecule has 1 unspecified atom stereocenters. The quantitative estimate of drug-likeness (QED) is 0.282. The second kappa shape index (κ2) is 9.81. The van der Waals surface area contributed by atoms with Gasteiger partial charge in [-0.05, 0) is 42.4 Å². The van der Waals surface area contributed by atoms with E-state index in [-0.39, 0.29) is 0 Å². The summed E-state index contributed by atoms with van der Waals surface area (Å²) >= 11 is 1.37. The summed E-state index contributed by atoms with van der Waals surface area (Å²) in [5.74, 6) is 4.12. The van der Waals surface area contributed by atoms with Crippen LogP contribution in [0.3, 0.4) is 0 Å². The molecule has 1 saturated heterocycles. The number of piperidine rings is 1. The Bertz CT molecular complexity index is 1490. The Morgan fingerprint density at radius 1 is 1.08 bits per heavy atom. The number of benzene rings is 1. The molecule has 1 aromatic carbocycles. The summed E-state index contributed by atoms with van der Waals surface area (Å²) in [5, 5.41) is 5.78. The van der Waals surface area contributed by atoms with Crippen LogP contribution in [0.4, 0.5) is 5.82 Å². The smallest absolute Gasteiger partial charge is 0.294 e. The number of nitrogens with zero attached hydrogens (tertiary/aromatic N) is 5. The zero-order valence-electron chi connectivity index (χ0n) is 20.8. The number of imidazole rings is 1. The van der Waals surface area contributed by atoms with E-state index in [9.17, 15) is 0 Å². The number of aromatic nitrogens is 4. The van der Waals surface area contributed by atoms with Crippen molar-refractivity contribution < 1.29 is 23.4 Å². The molecule has 192 valence electrons. The van der Waals surface area contributed by atoms with Crippen molar-refractivity contribution in [1.29, 1.82) is 0 Å². The SMILES string of the molecule is COc1ccc(N2CCCC(COc3cc(OC)cc4oc(-c5cn6nc(OC)sc6n5)cc34)C2)nc1. The van der Waals surface area contributed by atoms with Crippen LogP contribution >= 0.6 is 11.3 Å². The van der Waals surface area contributed by atoms with E-state index in [1.807, 2.05) is 36.5 Å². The fraction of sp³-hybridized carbons (Fsp3) is 0.346. The third-order valence-corrected chi connectivity index (χ3v) is 7.42. The molecule has 6 rings (SSSR count). The average molecular weight is 522 g/mol. The van der Waals surface area contributed by atoms with Gasteiger partial charge >= 0.3 is 0 Å². The molecule has 0 amide bonds. The molecular weight excluding hydrogens is 494 g/mol. The van der Waals surface area contributed by atoms with Gasteiger partial charge in [0.1, 0.15) is 34.3 Å². The van der Waals surface area contributed by atoms with Crippen molar-refractivity contribution in [2.75, 3.05) is 45.9 Å². The van der Waals surface area contributed by atoms with E-state index in [4.69, 9.17) is 23.4 Å². The van der Waals surface area contributed by atoms with Gasteiger partial charge in [-0.3, -0.25) is 0 Å². The molecule has 37 heavy (non-hydrogen) atoms. The summed E-state index contributed by atoms with van der Waals surface area (Å²) in [6.07, 6.45) is 5.77. The first-order valence-electron chi connectivity index (χ1n) is 12.0. The molecule has 5 heterocycles. The monoisotopic (exact) mass is 521 g/mol. The fourth-order valence-electron chi connectivity index (χ4n) is 4.63. The predicted octanol–water partition coefficient (Wildman–Crippen LogP) is 4.92. The first-order valence-corrected chi connectivity index (χ1v) is 12.8. The number of furan rings is 1. The number of anilines is 1. The average Bonchev–Trinajstić information content (AvgIpc) is 3.65. The van der Waals surface area contributed by atoms with Crippen molar-refractivity contribution in [3.8, 4) is 33.9 Å². The molecule has 0 radical (unpaired) electrons. The Morgan fingerprint density at radius 2 is 1.97 bits per heavy atom. The molecule has 1 fully saturated rings. The molecule has 1 atom stereocenters. The molecule has 4 aromatic heterocycles. The van der Waals surface area contributed by atoms with Crippen LogP contribution in [-0.4, -0.2) is 60.6 Å². The van der Waals surface area contributed by atoms with Crippen molar-refractivity contribution in [3.63, 3.8) is 0 Å². The highest BCUT2D eigenvalue weighted by Gasteiger charge is 2.23. The zero-order chi connectivity index (χ0) is 25.4. The number of methoxy groups -OCH3 is 3. The van der Waals surface area contributed by atoms with E-state index in [1.54, 1.807) is 32.0 Å². The van der Waals surface area contributed by atoms with Crippen LogP contribution in [0, 0.1) is 5.92 Å². The predicted molar refractivity (Wildman–Crippen MR) is 140 cm³/mol. The van der Waals surface area contributed by atoms with Gasteiger partial charge in [0, 0.05) is 31.1 Å². The lowest BCUT2D eigenvalue weighted by Crippen LogP contribution is -2.38. The minimum atomic E-state index is 0.367. The van der Waals surface area contributed by atoms with Crippen LogP contribution in [0.15, 0.2) is 47.1 Å². The first kappa shape index (κ1) is 23.4. The van der Waals surface area contributed by atoms with E-state index in [1.165, 1.54) is 11.3 Å². The van der Waals surface area contributed by atoms with Crippen LogP contribution < -0.4 is 23.8 Å². The van der Waals surface area contributed by atoms with E-state index in [2.05, 4.69) is 20.0 Å². The molecular formula is C26H27N5O5S. The largest absolute Gasteiger partial charge is 0.496 e. The van der Waals surface area contributed by atoms with E-state index >= 15 is 0 Å². The second-order valence-corrected chi connectivity index (χ2v) is 9.81. The van der Waals surface area contributed by atoms with Crippen LogP contribution in [0.25, 0.3) is 27.4 Å². The summed E-state index contributed by atoms with van der Waals surface area (Å²) in [6, 6.07) is 9.69. The van der Waals surface area contributed by atoms with Gasteiger partial charge in [0.25, 0.3) is 5.19 Å². The van der Waals surface area contributed by atoms with Gasteiger partial charge < -0.3 is 28.3 Å². The van der Waals surface area contributed by atoms with E-state index in [0.29, 0.717) is 40.5 Å². The summed E-state index contributed by atoms with van der Waals surface area (Å²) in [6.45, 7) is 2.44. The standard InChI is InChI=1S/C26H27N5O5S/c1-32-17-6-7-24(27-12-17)30-8-4-5-16(13-30)15-35-21-9-18(33-2)10-22-19(21)11-23(36-22)20-14-31-25(28-20)37-26(29-31)34-3/h6-7,9-12,14,16H,4-5,8,13,15H2,1-3H3. The highest BCUT2D eigenvalue weighted by Crippen LogP contribution is 2.38. The molecule has 10 nitrogen and oxygen atoms in total. The van der Waals surface area contributed by atoms with Gasteiger partial charge in [-0.15, -0.1) is 5.10 Å². The number of fused-ring (bicyclic) bond motifs is 2. The lowest BCUT2D eigenvalue weighted by atomic mass is 9.99. The van der Waals surface area contributed by atoms with Crippen molar-refractivity contribution in [2.24, 2.45) is 5.92 Å². The maximum atomic E-state index is 6.39. The third kappa shape index (κ3) is 4.62. The van der Waals surface area contributed by atoms with Crippen molar-refractivity contribution >= 4 is 33.1 Å². The molecule has 0 N–H and O–H groups in total. The van der Waals surface area contributed by atoms with Crippen LogP contribution in [-0.2, 0) is 0 Å². The second-order valence-electron chi connectivity index (χ2n) is 8.89. The molecule has 0 bridgehead atoms. The zero-order valence-corrected chi connectivity index (χ0v) is 21.7. The topological polar surface area (TPSA) is 96.4 Å². The van der Waals surface area contributed by atoms with E-state index in [0.717, 1.165) is 53.6 Å². The molecule has 1 aliphatic heterocycles. The lowest BCUT2D eigenvalue weighted by Gasteiger charge is -2.33. The van der Waals surface area contributed by atoms with Crippen LogP contribution in [0.2, 0.25) is 0 Å². The highest BCUT2D eigenvalue weighted by molar-refractivity contribution is 7.18. The van der Waals surface area contributed by atoms with Crippen LogP contribution in [0.1, 0.15) is 12.8 Å². The van der Waals surface area contributed by atoms with Gasteiger partial charge in [0.15, 0.2) is 5.76 Å².